The number of hydrogen-bond donors (Lipinski definition) is 1. The van der Waals surface area contributed by atoms with Gasteiger partial charge >= 0.3 is 11.9 Å². The number of nitrogens with zero attached hydrogens (tertiary/aromatic N) is 3. The van der Waals surface area contributed by atoms with E-state index in [0.717, 1.165) is 18.3 Å². The van der Waals surface area contributed by atoms with Gasteiger partial charge in [0.15, 0.2) is 0 Å². The van der Waals surface area contributed by atoms with Crippen molar-refractivity contribution >= 4 is 17.4 Å². The molecule has 0 spiro atoms. The average Bonchev–Trinajstić information content (AvgIpc) is 2.90. The van der Waals surface area contributed by atoms with Crippen molar-refractivity contribution in [2.45, 2.75) is 6.18 Å². The van der Waals surface area contributed by atoms with Crippen molar-refractivity contribution in [3.05, 3.63) is 51.7 Å². The molecule has 0 unspecified atom stereocenters. The van der Waals surface area contributed by atoms with Gasteiger partial charge in [0.2, 0.25) is 5.82 Å². The molecule has 22 heavy (non-hydrogen) atoms. The van der Waals surface area contributed by atoms with Crippen molar-refractivity contribution in [3.8, 4) is 0 Å². The summed E-state index contributed by atoms with van der Waals surface area (Å²) in [5, 5.41) is 16.9. The summed E-state index contributed by atoms with van der Waals surface area (Å²) in [6, 6.07) is 3.73. The van der Waals surface area contributed by atoms with Crippen LogP contribution in [0.2, 0.25) is 0 Å². The van der Waals surface area contributed by atoms with Crippen LogP contribution in [-0.4, -0.2) is 27.7 Å². The summed E-state index contributed by atoms with van der Waals surface area (Å²) in [6.45, 7) is 0. The summed E-state index contributed by atoms with van der Waals surface area (Å²) in [6.07, 6.45) is -3.75. The molecule has 0 radical (unpaired) electrons. The predicted octanol–water partition coefficient (Wildman–Crippen LogP) is 2.54. The van der Waals surface area contributed by atoms with Gasteiger partial charge in [0.25, 0.3) is 5.91 Å². The fourth-order valence-corrected chi connectivity index (χ4v) is 1.74. The van der Waals surface area contributed by atoms with E-state index >= 15 is 0 Å². The van der Waals surface area contributed by atoms with E-state index in [9.17, 15) is 28.1 Å². The summed E-state index contributed by atoms with van der Waals surface area (Å²) in [7, 11) is 1.37. The quantitative estimate of drug-likeness (QED) is 0.694. The molecule has 0 bridgehead atoms. The van der Waals surface area contributed by atoms with Gasteiger partial charge in [-0.25, -0.2) is 0 Å². The second-order valence-corrected chi connectivity index (χ2v) is 4.20. The highest BCUT2D eigenvalue weighted by atomic mass is 19.4. The number of alkyl halides is 3. The van der Waals surface area contributed by atoms with E-state index in [2.05, 4.69) is 10.4 Å². The Bertz CT molecular complexity index is 739. The van der Waals surface area contributed by atoms with Gasteiger partial charge in [0, 0.05) is 12.6 Å². The summed E-state index contributed by atoms with van der Waals surface area (Å²) in [5.41, 5.74) is -1.73. The van der Waals surface area contributed by atoms with E-state index < -0.39 is 28.3 Å². The molecule has 1 aromatic heterocycles. The number of aromatic nitrogens is 2. The Labute approximate surface area is 121 Å². The number of nitro groups is 1. The van der Waals surface area contributed by atoms with Gasteiger partial charge in [-0.15, -0.1) is 5.10 Å². The number of rotatable bonds is 3. The Morgan fingerprint density at radius 3 is 2.59 bits per heavy atom. The van der Waals surface area contributed by atoms with E-state index in [4.69, 9.17) is 0 Å². The van der Waals surface area contributed by atoms with Crippen LogP contribution in [0.5, 0.6) is 0 Å². The molecule has 1 heterocycles. The minimum atomic E-state index is -4.59. The first-order valence-electron chi connectivity index (χ1n) is 5.88. The van der Waals surface area contributed by atoms with Crippen LogP contribution < -0.4 is 5.32 Å². The normalized spacial score (nSPS) is 11.3. The molecule has 2 rings (SSSR count). The fraction of sp³-hybridized carbons (Fsp3) is 0.167. The highest BCUT2D eigenvalue weighted by molar-refractivity contribution is 5.96. The number of hydrogen-bond acceptors (Lipinski definition) is 5. The van der Waals surface area contributed by atoms with Crippen LogP contribution in [0.3, 0.4) is 0 Å². The molecule has 7 nitrogen and oxygen atoms in total. The Morgan fingerprint density at radius 2 is 2.09 bits per heavy atom. The minimum Gasteiger partial charge on any atom is -0.366 e. The topological polar surface area (TPSA) is 90.1 Å². The number of anilines is 1. The van der Waals surface area contributed by atoms with Gasteiger partial charge in [0.1, 0.15) is 6.20 Å². The highest BCUT2D eigenvalue weighted by Crippen LogP contribution is 2.30. The van der Waals surface area contributed by atoms with Crippen molar-refractivity contribution in [2.24, 2.45) is 0 Å². The largest absolute Gasteiger partial charge is 0.416 e. The van der Waals surface area contributed by atoms with Gasteiger partial charge in [0.05, 0.1) is 10.5 Å². The highest BCUT2D eigenvalue weighted by Gasteiger charge is 2.31. The molecule has 10 heteroatoms. The summed E-state index contributed by atoms with van der Waals surface area (Å²) < 4.78 is 38.5. The van der Waals surface area contributed by atoms with Crippen LogP contribution >= 0.6 is 0 Å². The van der Waals surface area contributed by atoms with Crippen molar-refractivity contribution in [1.29, 1.82) is 0 Å². The zero-order valence-corrected chi connectivity index (χ0v) is 11.1. The van der Waals surface area contributed by atoms with Crippen molar-refractivity contribution in [2.75, 3.05) is 12.4 Å². The lowest BCUT2D eigenvalue weighted by Crippen LogP contribution is -2.14. The standard InChI is InChI=1S/C12H9F3N4O3/c1-16-10-9(19(21)22)6-18(17-10)11(20)7-3-2-4-8(5-7)12(13,14)15/h2-6H,1H3,(H,16,17). The molecule has 0 aliphatic rings. The van der Waals surface area contributed by atoms with Crippen LogP contribution in [0.4, 0.5) is 24.7 Å². The number of benzene rings is 1. The lowest BCUT2D eigenvalue weighted by molar-refractivity contribution is -0.384. The second kappa shape index (κ2) is 5.47. The van der Waals surface area contributed by atoms with Gasteiger partial charge in [-0.2, -0.15) is 17.9 Å². The van der Waals surface area contributed by atoms with Crippen LogP contribution in [0.15, 0.2) is 30.5 Å². The predicted molar refractivity (Wildman–Crippen MR) is 69.6 cm³/mol. The maximum atomic E-state index is 12.6. The fourth-order valence-electron chi connectivity index (χ4n) is 1.74. The molecule has 0 aliphatic carbocycles. The van der Waals surface area contributed by atoms with E-state index in [1.165, 1.54) is 13.1 Å². The zero-order chi connectivity index (χ0) is 16.5. The molecule has 0 amide bonds. The molecule has 2 aromatic rings. The third-order valence-electron chi connectivity index (χ3n) is 2.77. The Balaban J connectivity index is 2.43. The first kappa shape index (κ1) is 15.5. The van der Waals surface area contributed by atoms with Crippen LogP contribution in [-0.2, 0) is 6.18 Å². The molecule has 1 aromatic carbocycles. The number of carbonyl (C=O) groups excluding carboxylic acids is 1. The Hall–Kier alpha value is -2.91. The van der Waals surface area contributed by atoms with Gasteiger partial charge in [-0.1, -0.05) is 6.07 Å². The second-order valence-electron chi connectivity index (χ2n) is 4.20. The maximum absolute atomic E-state index is 12.6. The SMILES string of the molecule is CNc1nn(C(=O)c2cccc(C(F)(F)F)c2)cc1[N+](=O)[O-]. The van der Waals surface area contributed by atoms with Crippen LogP contribution in [0.25, 0.3) is 0 Å². The summed E-state index contributed by atoms with van der Waals surface area (Å²) in [4.78, 5) is 22.1. The minimum absolute atomic E-state index is 0.162. The smallest absolute Gasteiger partial charge is 0.366 e. The van der Waals surface area contributed by atoms with E-state index in [1.54, 1.807) is 0 Å². The third-order valence-corrected chi connectivity index (χ3v) is 2.77. The molecule has 0 saturated heterocycles. The lowest BCUT2D eigenvalue weighted by atomic mass is 10.1. The molecule has 116 valence electrons. The third kappa shape index (κ3) is 2.90. The van der Waals surface area contributed by atoms with E-state index in [0.29, 0.717) is 10.7 Å². The van der Waals surface area contributed by atoms with Crippen molar-refractivity contribution < 1.29 is 22.9 Å². The monoisotopic (exact) mass is 314 g/mol. The molecule has 1 N–H and O–H groups in total. The summed E-state index contributed by atoms with van der Waals surface area (Å²) in [5.74, 6) is -1.07. The number of halogens is 3. The van der Waals surface area contributed by atoms with E-state index in [1.807, 2.05) is 0 Å². The molecule has 0 atom stereocenters. The summed E-state index contributed by atoms with van der Waals surface area (Å²) >= 11 is 0. The van der Waals surface area contributed by atoms with Gasteiger partial charge in [-0.05, 0) is 18.2 Å². The molecule has 0 saturated carbocycles. The van der Waals surface area contributed by atoms with E-state index in [-0.39, 0.29) is 11.4 Å². The zero-order valence-electron chi connectivity index (χ0n) is 11.1. The molecular weight excluding hydrogens is 305 g/mol. The molecule has 0 fully saturated rings. The molecule has 0 aliphatic heterocycles. The maximum Gasteiger partial charge on any atom is 0.416 e. The van der Waals surface area contributed by atoms with Gasteiger partial charge in [-0.3, -0.25) is 14.9 Å². The van der Waals surface area contributed by atoms with Crippen LogP contribution in [0, 0.1) is 10.1 Å². The first-order valence-corrected chi connectivity index (χ1v) is 5.88. The lowest BCUT2D eigenvalue weighted by Gasteiger charge is -2.07. The Morgan fingerprint density at radius 1 is 1.41 bits per heavy atom. The van der Waals surface area contributed by atoms with Crippen molar-refractivity contribution in [1.82, 2.24) is 9.78 Å². The molecular formula is C12H9F3N4O3. The first-order chi connectivity index (χ1) is 10.2. The number of nitrogens with one attached hydrogen (secondary N) is 1. The number of carbonyl (C=O) groups is 1. The average molecular weight is 314 g/mol. The Kier molecular flexibility index (Phi) is 3.85. The van der Waals surface area contributed by atoms with Crippen molar-refractivity contribution in [3.63, 3.8) is 0 Å². The van der Waals surface area contributed by atoms with Gasteiger partial charge < -0.3 is 5.32 Å². The van der Waals surface area contributed by atoms with Crippen LogP contribution in [0.1, 0.15) is 15.9 Å².